The van der Waals surface area contributed by atoms with Crippen molar-refractivity contribution in [3.8, 4) is 0 Å². The summed E-state index contributed by atoms with van der Waals surface area (Å²) in [6.07, 6.45) is 8.29. The maximum atomic E-state index is 3.71. The van der Waals surface area contributed by atoms with E-state index in [-0.39, 0.29) is 0 Å². The van der Waals surface area contributed by atoms with E-state index >= 15 is 0 Å². The molecule has 0 aromatic carbocycles. The number of thioether (sulfide) groups is 1. The number of nitrogens with zero attached hydrogens (tertiary/aromatic N) is 1. The number of piperidine rings is 1. The SMILES string of the molecule is CCCNC1CCN(C2CCC(SCC)C2)C(C)C1. The third-order valence-electron chi connectivity index (χ3n) is 4.84. The first-order valence-corrected chi connectivity index (χ1v) is 9.40. The molecular formula is C16H32N2S. The minimum atomic E-state index is 0.772. The molecular weight excluding hydrogens is 252 g/mol. The van der Waals surface area contributed by atoms with Crippen molar-refractivity contribution in [1.82, 2.24) is 10.2 Å². The van der Waals surface area contributed by atoms with Crippen LogP contribution in [0.4, 0.5) is 0 Å². The number of hydrogen-bond acceptors (Lipinski definition) is 3. The second kappa shape index (κ2) is 7.90. The van der Waals surface area contributed by atoms with Crippen LogP contribution < -0.4 is 5.32 Å². The van der Waals surface area contributed by atoms with Crippen LogP contribution in [0.3, 0.4) is 0 Å². The van der Waals surface area contributed by atoms with E-state index in [9.17, 15) is 0 Å². The summed E-state index contributed by atoms with van der Waals surface area (Å²) in [6.45, 7) is 9.51. The van der Waals surface area contributed by atoms with Crippen LogP contribution >= 0.6 is 11.8 Å². The van der Waals surface area contributed by atoms with E-state index in [1.165, 1.54) is 57.4 Å². The Labute approximate surface area is 124 Å². The topological polar surface area (TPSA) is 15.3 Å². The summed E-state index contributed by atoms with van der Waals surface area (Å²) in [6, 6.07) is 2.43. The first kappa shape index (κ1) is 15.7. The largest absolute Gasteiger partial charge is 0.314 e. The van der Waals surface area contributed by atoms with Crippen LogP contribution in [-0.2, 0) is 0 Å². The zero-order valence-corrected chi connectivity index (χ0v) is 13.8. The fourth-order valence-corrected chi connectivity index (χ4v) is 5.00. The third kappa shape index (κ3) is 4.37. The van der Waals surface area contributed by atoms with Crippen molar-refractivity contribution in [2.75, 3.05) is 18.8 Å². The van der Waals surface area contributed by atoms with Crippen molar-refractivity contribution in [3.05, 3.63) is 0 Å². The molecule has 2 rings (SSSR count). The zero-order valence-electron chi connectivity index (χ0n) is 13.0. The van der Waals surface area contributed by atoms with Gasteiger partial charge < -0.3 is 5.32 Å². The van der Waals surface area contributed by atoms with Crippen molar-refractivity contribution in [1.29, 1.82) is 0 Å². The fourth-order valence-electron chi connectivity index (χ4n) is 3.87. The van der Waals surface area contributed by atoms with Gasteiger partial charge in [-0.15, -0.1) is 0 Å². The Morgan fingerprint density at radius 2 is 2.00 bits per heavy atom. The lowest BCUT2D eigenvalue weighted by Crippen LogP contribution is -2.51. The van der Waals surface area contributed by atoms with E-state index in [1.54, 1.807) is 0 Å². The summed E-state index contributed by atoms with van der Waals surface area (Å²) in [4.78, 5) is 2.82. The van der Waals surface area contributed by atoms with Crippen LogP contribution in [0.15, 0.2) is 0 Å². The van der Waals surface area contributed by atoms with Crippen molar-refractivity contribution >= 4 is 11.8 Å². The van der Waals surface area contributed by atoms with Crippen molar-refractivity contribution in [3.63, 3.8) is 0 Å². The van der Waals surface area contributed by atoms with Crippen molar-refractivity contribution < 1.29 is 0 Å². The van der Waals surface area contributed by atoms with Gasteiger partial charge in [0.15, 0.2) is 0 Å². The van der Waals surface area contributed by atoms with Crippen LogP contribution in [0, 0.1) is 0 Å². The number of hydrogen-bond donors (Lipinski definition) is 1. The number of likely N-dealkylation sites (tertiary alicyclic amines) is 1. The second-order valence-corrected chi connectivity index (χ2v) is 7.88. The van der Waals surface area contributed by atoms with E-state index in [2.05, 4.69) is 42.7 Å². The summed E-state index contributed by atoms with van der Waals surface area (Å²) in [5, 5.41) is 4.65. The van der Waals surface area contributed by atoms with E-state index in [0.29, 0.717) is 0 Å². The number of rotatable bonds is 6. The third-order valence-corrected chi connectivity index (χ3v) is 6.07. The van der Waals surface area contributed by atoms with Crippen LogP contribution in [-0.4, -0.2) is 47.1 Å². The van der Waals surface area contributed by atoms with Gasteiger partial charge in [0.05, 0.1) is 0 Å². The predicted molar refractivity (Wildman–Crippen MR) is 87.0 cm³/mol. The molecule has 2 nitrogen and oxygen atoms in total. The number of nitrogens with one attached hydrogen (secondary N) is 1. The van der Waals surface area contributed by atoms with E-state index in [0.717, 1.165) is 23.4 Å². The van der Waals surface area contributed by atoms with Gasteiger partial charge in [-0.05, 0) is 57.7 Å². The van der Waals surface area contributed by atoms with Crippen molar-refractivity contribution in [2.45, 2.75) is 82.7 Å². The highest BCUT2D eigenvalue weighted by molar-refractivity contribution is 7.99. The molecule has 4 unspecified atom stereocenters. The van der Waals surface area contributed by atoms with Gasteiger partial charge in [-0.1, -0.05) is 13.8 Å². The Balaban J connectivity index is 1.77. The lowest BCUT2D eigenvalue weighted by molar-refractivity contribution is 0.0904. The lowest BCUT2D eigenvalue weighted by Gasteiger charge is -2.41. The molecule has 0 spiro atoms. The Morgan fingerprint density at radius 1 is 1.16 bits per heavy atom. The standard InChI is InChI=1S/C16H32N2S/c1-4-9-17-14-8-10-18(13(3)11-14)15-6-7-16(12-15)19-5-2/h13-17H,4-12H2,1-3H3. The summed E-state index contributed by atoms with van der Waals surface area (Å²) in [5.74, 6) is 1.29. The molecule has 1 saturated carbocycles. The smallest absolute Gasteiger partial charge is 0.0109 e. The highest BCUT2D eigenvalue weighted by Crippen LogP contribution is 2.35. The van der Waals surface area contributed by atoms with Gasteiger partial charge in [-0.25, -0.2) is 0 Å². The molecule has 1 saturated heterocycles. The average molecular weight is 285 g/mol. The molecule has 2 fully saturated rings. The molecule has 0 radical (unpaired) electrons. The van der Waals surface area contributed by atoms with Gasteiger partial charge in [0.25, 0.3) is 0 Å². The normalized spacial score (nSPS) is 36.8. The van der Waals surface area contributed by atoms with Gasteiger partial charge in [0.2, 0.25) is 0 Å². The molecule has 1 N–H and O–H groups in total. The van der Waals surface area contributed by atoms with E-state index < -0.39 is 0 Å². The molecule has 1 heterocycles. The van der Waals surface area contributed by atoms with Crippen LogP contribution in [0.1, 0.15) is 59.3 Å². The lowest BCUT2D eigenvalue weighted by atomic mass is 9.96. The highest BCUT2D eigenvalue weighted by atomic mass is 32.2. The van der Waals surface area contributed by atoms with Gasteiger partial charge in [0.1, 0.15) is 0 Å². The Kier molecular flexibility index (Phi) is 6.51. The highest BCUT2D eigenvalue weighted by Gasteiger charge is 2.34. The van der Waals surface area contributed by atoms with Gasteiger partial charge in [-0.3, -0.25) is 4.90 Å². The minimum Gasteiger partial charge on any atom is -0.314 e. The van der Waals surface area contributed by atoms with Crippen LogP contribution in [0.2, 0.25) is 0 Å². The van der Waals surface area contributed by atoms with Gasteiger partial charge >= 0.3 is 0 Å². The molecule has 0 bridgehead atoms. The van der Waals surface area contributed by atoms with Gasteiger partial charge in [-0.2, -0.15) is 11.8 Å². The zero-order chi connectivity index (χ0) is 13.7. The average Bonchev–Trinajstić information content (AvgIpc) is 2.85. The maximum Gasteiger partial charge on any atom is 0.0109 e. The molecule has 2 aliphatic rings. The summed E-state index contributed by atoms with van der Waals surface area (Å²) in [7, 11) is 0. The fraction of sp³-hybridized carbons (Fsp3) is 1.00. The Morgan fingerprint density at radius 3 is 2.68 bits per heavy atom. The summed E-state index contributed by atoms with van der Waals surface area (Å²) < 4.78 is 0. The Hall–Kier alpha value is 0.270. The Bertz CT molecular complexity index is 259. The van der Waals surface area contributed by atoms with Crippen molar-refractivity contribution in [2.24, 2.45) is 0 Å². The molecule has 112 valence electrons. The predicted octanol–water partition coefficient (Wildman–Crippen LogP) is 3.51. The molecule has 0 aromatic rings. The quantitative estimate of drug-likeness (QED) is 0.803. The molecule has 1 aliphatic heterocycles. The monoisotopic (exact) mass is 284 g/mol. The molecule has 4 atom stereocenters. The second-order valence-electron chi connectivity index (χ2n) is 6.31. The first-order valence-electron chi connectivity index (χ1n) is 8.35. The minimum absolute atomic E-state index is 0.772. The molecule has 1 aliphatic carbocycles. The summed E-state index contributed by atoms with van der Waals surface area (Å²) in [5.41, 5.74) is 0. The maximum absolute atomic E-state index is 3.71. The molecule has 0 aromatic heterocycles. The molecule has 19 heavy (non-hydrogen) atoms. The van der Waals surface area contributed by atoms with Crippen LogP contribution in [0.25, 0.3) is 0 Å². The van der Waals surface area contributed by atoms with Gasteiger partial charge in [0, 0.05) is 29.9 Å². The first-order chi connectivity index (χ1) is 9.24. The van der Waals surface area contributed by atoms with E-state index in [1.807, 2.05) is 0 Å². The van der Waals surface area contributed by atoms with Crippen LogP contribution in [0.5, 0.6) is 0 Å². The summed E-state index contributed by atoms with van der Waals surface area (Å²) >= 11 is 2.18. The molecule has 3 heteroatoms. The van der Waals surface area contributed by atoms with E-state index in [4.69, 9.17) is 0 Å². The molecule has 0 amide bonds.